The van der Waals surface area contributed by atoms with Gasteiger partial charge in [0.25, 0.3) is 0 Å². The van der Waals surface area contributed by atoms with Crippen molar-refractivity contribution in [3.05, 3.63) is 18.0 Å². The molecule has 6 rings (SSSR count). The van der Waals surface area contributed by atoms with E-state index >= 15 is 0 Å². The van der Waals surface area contributed by atoms with Gasteiger partial charge in [-0.1, -0.05) is 74.0 Å². The Hall–Kier alpha value is -1.84. The van der Waals surface area contributed by atoms with E-state index in [0.717, 1.165) is 38.5 Å². The van der Waals surface area contributed by atoms with Gasteiger partial charge in [-0.2, -0.15) is 0 Å². The fourth-order valence-corrected chi connectivity index (χ4v) is 11.9. The Balaban J connectivity index is 1.43. The monoisotopic (exact) mass is 639 g/mol. The highest BCUT2D eigenvalue weighted by Gasteiger charge is 2.72. The van der Waals surface area contributed by atoms with Crippen molar-refractivity contribution in [2.45, 2.75) is 125 Å². The Morgan fingerprint density at radius 2 is 1.85 bits per heavy atom. The summed E-state index contributed by atoms with van der Waals surface area (Å²) in [5, 5.41) is 23.6. The Morgan fingerprint density at radius 1 is 1.13 bits per heavy atom. The maximum absolute atomic E-state index is 13.4. The number of carboxylic acid groups (broad SMARTS) is 1. The zero-order valence-corrected chi connectivity index (χ0v) is 30.2. The summed E-state index contributed by atoms with van der Waals surface area (Å²) in [7, 11) is 0. The van der Waals surface area contributed by atoms with Crippen molar-refractivity contribution in [2.24, 2.45) is 68.3 Å². The van der Waals surface area contributed by atoms with Gasteiger partial charge in [0.1, 0.15) is 6.33 Å². The third-order valence-corrected chi connectivity index (χ3v) is 15.7. The number of tetrazole rings is 1. The minimum absolute atomic E-state index is 0.0582. The summed E-state index contributed by atoms with van der Waals surface area (Å²) in [6, 6.07) is -0.0582. The van der Waals surface area contributed by atoms with Crippen LogP contribution in [0.1, 0.15) is 114 Å². The van der Waals surface area contributed by atoms with E-state index in [2.05, 4.69) is 90.8 Å². The predicted octanol–water partition coefficient (Wildman–Crippen LogP) is 6.56. The van der Waals surface area contributed by atoms with E-state index in [1.54, 1.807) is 6.33 Å². The second kappa shape index (κ2) is 11.1. The summed E-state index contributed by atoms with van der Waals surface area (Å²) >= 11 is 0. The molecule has 1 aliphatic heterocycles. The van der Waals surface area contributed by atoms with Gasteiger partial charge >= 0.3 is 5.97 Å². The fourth-order valence-electron chi connectivity index (χ4n) is 11.9. The number of carbonyl (C=O) groups is 1. The summed E-state index contributed by atoms with van der Waals surface area (Å²) in [5.74, 6) is 0.696. The molecular formula is C37H61N5O4. The van der Waals surface area contributed by atoms with Crippen molar-refractivity contribution in [1.29, 1.82) is 0 Å². The molecule has 2 bridgehead atoms. The standard InChI is InChI=1S/C37H61N5O4/c1-22(2)24(5)32(6)15-16-34(8)25-11-12-28-33(7)18-45-20-37(28,26(25)13-14-35(34,9)29(32)31(43)44)17-27(42-21-39-40-41-42)30(33)46-19-36(10,38)23(3)4/h13,21-25,27-30H,11-12,14-20,38H2,1-10H3,(H,43,44)/t24-,25+,27-,28+,29-,30+,32-,33+,34-,35+,36?,37+/m1/s1. The van der Waals surface area contributed by atoms with Crippen LogP contribution in [-0.2, 0) is 14.3 Å². The lowest BCUT2D eigenvalue weighted by molar-refractivity contribution is -0.252. The molecule has 2 heterocycles. The SMILES string of the molecule is CC(C)[C@@H](C)[C@@]1(C)CC[C@]2(C)[C@H]3CC[C@@H]4[C@@]5(COC[C@]4(C)[C@@H](OCC(C)(N)C(C)C)[C@H](n4cnnn4)C5)C3=CC[C@@]2(C)[C@@H]1C(=O)O. The first-order valence-corrected chi connectivity index (χ1v) is 18.0. The minimum Gasteiger partial charge on any atom is -0.481 e. The lowest BCUT2D eigenvalue weighted by Crippen LogP contribution is -2.69. The molecule has 0 radical (unpaired) electrons. The Morgan fingerprint density at radius 3 is 2.46 bits per heavy atom. The number of aromatic nitrogens is 4. The van der Waals surface area contributed by atoms with Crippen molar-refractivity contribution >= 4 is 5.97 Å². The van der Waals surface area contributed by atoms with Crippen LogP contribution in [-0.4, -0.2) is 62.7 Å². The average Bonchev–Trinajstić information content (AvgIpc) is 3.51. The van der Waals surface area contributed by atoms with Crippen LogP contribution in [0.25, 0.3) is 0 Å². The van der Waals surface area contributed by atoms with Crippen molar-refractivity contribution < 1.29 is 19.4 Å². The number of carboxylic acids is 1. The van der Waals surface area contributed by atoms with Gasteiger partial charge in [-0.05, 0) is 102 Å². The van der Waals surface area contributed by atoms with Crippen LogP contribution >= 0.6 is 0 Å². The molecule has 4 aliphatic carbocycles. The van der Waals surface area contributed by atoms with E-state index in [4.69, 9.17) is 15.2 Å². The fraction of sp³-hybridized carbons (Fsp3) is 0.892. The van der Waals surface area contributed by atoms with Gasteiger partial charge in [0, 0.05) is 16.4 Å². The molecule has 0 spiro atoms. The summed E-state index contributed by atoms with van der Waals surface area (Å²) < 4.78 is 15.5. The highest BCUT2D eigenvalue weighted by Crippen LogP contribution is 2.75. The van der Waals surface area contributed by atoms with E-state index in [1.807, 2.05) is 4.68 Å². The first-order valence-electron chi connectivity index (χ1n) is 18.0. The third-order valence-electron chi connectivity index (χ3n) is 15.7. The van der Waals surface area contributed by atoms with Gasteiger partial charge in [0.15, 0.2) is 0 Å². The van der Waals surface area contributed by atoms with Crippen molar-refractivity contribution in [3.8, 4) is 0 Å². The molecular weight excluding hydrogens is 578 g/mol. The number of rotatable bonds is 8. The molecule has 1 aromatic rings. The Kier molecular flexibility index (Phi) is 8.21. The van der Waals surface area contributed by atoms with Gasteiger partial charge in [0.05, 0.1) is 37.9 Å². The quantitative estimate of drug-likeness (QED) is 0.306. The molecule has 1 unspecified atom stereocenters. The first-order chi connectivity index (χ1) is 21.4. The number of allylic oxidation sites excluding steroid dienone is 1. The van der Waals surface area contributed by atoms with Crippen LogP contribution in [0.15, 0.2) is 18.0 Å². The zero-order chi connectivity index (χ0) is 33.7. The van der Waals surface area contributed by atoms with E-state index in [0.29, 0.717) is 43.5 Å². The molecule has 5 aliphatic rings. The summed E-state index contributed by atoms with van der Waals surface area (Å²) in [6.45, 7) is 24.3. The van der Waals surface area contributed by atoms with Crippen LogP contribution in [0.4, 0.5) is 0 Å². The van der Waals surface area contributed by atoms with E-state index in [9.17, 15) is 9.90 Å². The van der Waals surface area contributed by atoms with Gasteiger partial charge in [0.2, 0.25) is 0 Å². The molecule has 3 N–H and O–H groups in total. The van der Waals surface area contributed by atoms with Crippen LogP contribution in [0, 0.1) is 62.6 Å². The largest absolute Gasteiger partial charge is 0.481 e. The molecule has 4 fully saturated rings. The highest BCUT2D eigenvalue weighted by atomic mass is 16.5. The summed E-state index contributed by atoms with van der Waals surface area (Å²) in [6.07, 6.45) is 9.87. The molecule has 12 atom stereocenters. The average molecular weight is 640 g/mol. The topological polar surface area (TPSA) is 125 Å². The normalized spacial score (nSPS) is 45.7. The first kappa shape index (κ1) is 34.0. The molecule has 46 heavy (non-hydrogen) atoms. The molecule has 0 amide bonds. The van der Waals surface area contributed by atoms with Crippen LogP contribution in [0.2, 0.25) is 0 Å². The molecule has 9 nitrogen and oxygen atoms in total. The van der Waals surface area contributed by atoms with E-state index in [1.165, 1.54) is 5.57 Å². The van der Waals surface area contributed by atoms with Crippen molar-refractivity contribution in [2.75, 3.05) is 19.8 Å². The molecule has 258 valence electrons. The maximum Gasteiger partial charge on any atom is 0.307 e. The van der Waals surface area contributed by atoms with E-state index < -0.39 is 17.4 Å². The second-order valence-corrected chi connectivity index (χ2v) is 18.3. The number of ether oxygens (including phenoxy) is 2. The third kappa shape index (κ3) is 4.56. The van der Waals surface area contributed by atoms with Gasteiger partial charge in [-0.15, -0.1) is 5.10 Å². The summed E-state index contributed by atoms with van der Waals surface area (Å²) in [5.41, 5.74) is 6.65. The molecule has 1 aromatic heterocycles. The lowest BCUT2D eigenvalue weighted by atomic mass is 9.34. The number of fused-ring (bicyclic) bond motifs is 3. The number of hydrogen-bond donors (Lipinski definition) is 2. The van der Waals surface area contributed by atoms with Crippen molar-refractivity contribution in [3.63, 3.8) is 0 Å². The predicted molar refractivity (Wildman–Crippen MR) is 178 cm³/mol. The van der Waals surface area contributed by atoms with Crippen LogP contribution in [0.3, 0.4) is 0 Å². The minimum atomic E-state index is -0.620. The number of nitrogens with zero attached hydrogens (tertiary/aromatic N) is 4. The molecule has 9 heteroatoms. The smallest absolute Gasteiger partial charge is 0.307 e. The Bertz CT molecular complexity index is 1340. The van der Waals surface area contributed by atoms with Crippen LogP contribution < -0.4 is 5.73 Å². The van der Waals surface area contributed by atoms with Gasteiger partial charge < -0.3 is 20.3 Å². The lowest BCUT2D eigenvalue weighted by Gasteiger charge is -2.71. The zero-order valence-electron chi connectivity index (χ0n) is 30.2. The molecule has 1 saturated heterocycles. The van der Waals surface area contributed by atoms with Crippen LogP contribution in [0.5, 0.6) is 0 Å². The van der Waals surface area contributed by atoms with Gasteiger partial charge in [-0.25, -0.2) is 4.68 Å². The number of aliphatic carboxylic acids is 1. The summed E-state index contributed by atoms with van der Waals surface area (Å²) in [4.78, 5) is 13.4. The molecule has 0 aromatic carbocycles. The highest BCUT2D eigenvalue weighted by molar-refractivity contribution is 5.73. The molecule has 3 saturated carbocycles. The van der Waals surface area contributed by atoms with Gasteiger partial charge in [-0.3, -0.25) is 4.79 Å². The number of nitrogens with two attached hydrogens (primary N) is 1. The maximum atomic E-state index is 13.4. The number of hydrogen-bond acceptors (Lipinski definition) is 7. The van der Waals surface area contributed by atoms with Crippen molar-refractivity contribution in [1.82, 2.24) is 20.2 Å². The Labute approximate surface area is 276 Å². The second-order valence-electron chi connectivity index (χ2n) is 18.3. The van der Waals surface area contributed by atoms with E-state index in [-0.39, 0.29) is 45.1 Å².